The lowest BCUT2D eigenvalue weighted by Gasteiger charge is -2.14. The zero-order valence-electron chi connectivity index (χ0n) is 15.8. The van der Waals surface area contributed by atoms with E-state index < -0.39 is 0 Å². The molecule has 0 saturated heterocycles. The number of anilines is 2. The SMILES string of the molecule is C=C(C#N)CN1Cc2c(-c3ccc4[nH]nc(NC)c4c3)ccc(NC)c2C1=O. The van der Waals surface area contributed by atoms with Crippen molar-refractivity contribution in [2.75, 3.05) is 31.3 Å². The minimum absolute atomic E-state index is 0.0853. The molecule has 2 aromatic carbocycles. The highest BCUT2D eigenvalue weighted by Crippen LogP contribution is 2.38. The van der Waals surface area contributed by atoms with Gasteiger partial charge in [0.05, 0.1) is 23.7 Å². The molecule has 0 fully saturated rings. The largest absolute Gasteiger partial charge is 0.387 e. The molecule has 0 bridgehead atoms. The number of nitrogens with zero attached hydrogens (tertiary/aromatic N) is 3. The first kappa shape index (κ1) is 17.6. The second-order valence-corrected chi connectivity index (χ2v) is 6.72. The molecule has 0 aliphatic carbocycles. The Kier molecular flexibility index (Phi) is 4.24. The molecule has 1 amide bonds. The average molecular weight is 372 g/mol. The molecule has 0 atom stereocenters. The van der Waals surface area contributed by atoms with E-state index in [1.807, 2.05) is 37.4 Å². The van der Waals surface area contributed by atoms with E-state index in [9.17, 15) is 4.79 Å². The van der Waals surface area contributed by atoms with Gasteiger partial charge < -0.3 is 15.5 Å². The average Bonchev–Trinajstić information content (AvgIpc) is 3.28. The maximum Gasteiger partial charge on any atom is 0.256 e. The Balaban J connectivity index is 1.84. The third-order valence-electron chi connectivity index (χ3n) is 5.08. The third-order valence-corrected chi connectivity index (χ3v) is 5.08. The lowest BCUT2D eigenvalue weighted by Crippen LogP contribution is -2.26. The van der Waals surface area contributed by atoms with Crippen LogP contribution in [0.4, 0.5) is 11.5 Å². The molecule has 0 spiro atoms. The molecule has 0 radical (unpaired) electrons. The lowest BCUT2D eigenvalue weighted by atomic mass is 9.95. The molecule has 4 rings (SSSR count). The van der Waals surface area contributed by atoms with Crippen LogP contribution in [0.15, 0.2) is 42.5 Å². The van der Waals surface area contributed by atoms with Gasteiger partial charge in [-0.25, -0.2) is 0 Å². The normalized spacial score (nSPS) is 12.8. The summed E-state index contributed by atoms with van der Waals surface area (Å²) in [7, 11) is 3.64. The quantitative estimate of drug-likeness (QED) is 0.597. The van der Waals surface area contributed by atoms with Crippen LogP contribution in [0.25, 0.3) is 22.0 Å². The van der Waals surface area contributed by atoms with E-state index in [1.165, 1.54) is 0 Å². The standard InChI is InChI=1S/C21H20N6O/c1-12(9-22)10-27-11-16-14(5-7-18(23-2)19(16)21(27)28)13-4-6-17-15(8-13)20(24-3)26-25-17/h4-8,23H,1,10-11H2,2-3H3,(H2,24,25,26). The molecule has 2 heterocycles. The highest BCUT2D eigenvalue weighted by atomic mass is 16.2. The molecule has 1 aliphatic rings. The van der Waals surface area contributed by atoms with Crippen molar-refractivity contribution in [3.05, 3.63) is 53.6 Å². The number of hydrogen-bond acceptors (Lipinski definition) is 5. The van der Waals surface area contributed by atoms with Crippen LogP contribution in [0.3, 0.4) is 0 Å². The van der Waals surface area contributed by atoms with Crippen molar-refractivity contribution >= 4 is 28.3 Å². The van der Waals surface area contributed by atoms with Crippen LogP contribution in [-0.2, 0) is 6.54 Å². The van der Waals surface area contributed by atoms with Crippen molar-refractivity contribution in [2.24, 2.45) is 0 Å². The van der Waals surface area contributed by atoms with Crippen LogP contribution in [0.2, 0.25) is 0 Å². The summed E-state index contributed by atoms with van der Waals surface area (Å²) in [6.45, 7) is 4.40. The van der Waals surface area contributed by atoms with Crippen molar-refractivity contribution in [2.45, 2.75) is 6.54 Å². The molecule has 0 unspecified atom stereocenters. The number of carbonyl (C=O) groups excluding carboxylic acids is 1. The van der Waals surface area contributed by atoms with Crippen LogP contribution in [0.1, 0.15) is 15.9 Å². The predicted octanol–water partition coefficient (Wildman–Crippen LogP) is 3.35. The predicted molar refractivity (Wildman–Crippen MR) is 110 cm³/mol. The van der Waals surface area contributed by atoms with Gasteiger partial charge in [-0.05, 0) is 34.9 Å². The number of amides is 1. The summed E-state index contributed by atoms with van der Waals surface area (Å²) in [5, 5.41) is 23.5. The van der Waals surface area contributed by atoms with Gasteiger partial charge in [-0.2, -0.15) is 10.4 Å². The van der Waals surface area contributed by atoms with Crippen LogP contribution in [-0.4, -0.2) is 41.6 Å². The summed E-state index contributed by atoms with van der Waals surface area (Å²) in [5.41, 5.74) is 5.72. The Hall–Kier alpha value is -3.79. The van der Waals surface area contributed by atoms with Crippen molar-refractivity contribution in [1.29, 1.82) is 5.26 Å². The van der Waals surface area contributed by atoms with E-state index in [-0.39, 0.29) is 12.5 Å². The number of fused-ring (bicyclic) bond motifs is 2. The summed E-state index contributed by atoms with van der Waals surface area (Å²) >= 11 is 0. The Labute approximate surface area is 162 Å². The number of hydrogen-bond donors (Lipinski definition) is 3. The number of nitrogens with one attached hydrogen (secondary N) is 3. The van der Waals surface area contributed by atoms with Gasteiger partial charge in [0.15, 0.2) is 5.82 Å². The number of carbonyl (C=O) groups is 1. The highest BCUT2D eigenvalue weighted by molar-refractivity contribution is 6.06. The fraction of sp³-hybridized carbons (Fsp3) is 0.190. The Bertz CT molecular complexity index is 1150. The number of nitriles is 1. The topological polar surface area (TPSA) is 96.8 Å². The summed E-state index contributed by atoms with van der Waals surface area (Å²) in [6, 6.07) is 12.1. The van der Waals surface area contributed by atoms with Gasteiger partial charge in [-0.15, -0.1) is 0 Å². The molecule has 28 heavy (non-hydrogen) atoms. The molecule has 1 aromatic heterocycles. The molecule has 0 saturated carbocycles. The second kappa shape index (κ2) is 6.74. The number of H-pyrrole nitrogens is 1. The summed E-state index contributed by atoms with van der Waals surface area (Å²) in [4.78, 5) is 14.7. The Morgan fingerprint density at radius 1 is 1.32 bits per heavy atom. The number of aromatic amines is 1. The zero-order chi connectivity index (χ0) is 19.8. The van der Waals surface area contributed by atoms with E-state index in [0.29, 0.717) is 17.7 Å². The van der Waals surface area contributed by atoms with Gasteiger partial charge in [-0.1, -0.05) is 18.7 Å². The van der Waals surface area contributed by atoms with Crippen LogP contribution in [0, 0.1) is 11.3 Å². The Morgan fingerprint density at radius 3 is 2.86 bits per heavy atom. The van der Waals surface area contributed by atoms with Crippen LogP contribution < -0.4 is 10.6 Å². The Morgan fingerprint density at radius 2 is 2.14 bits per heavy atom. The molecule has 1 aliphatic heterocycles. The number of aromatic nitrogens is 2. The summed E-state index contributed by atoms with van der Waals surface area (Å²) in [5.74, 6) is 0.696. The first-order chi connectivity index (χ1) is 13.6. The molecular formula is C21H20N6O. The van der Waals surface area contributed by atoms with Gasteiger partial charge >= 0.3 is 0 Å². The van der Waals surface area contributed by atoms with Gasteiger partial charge in [-0.3, -0.25) is 9.89 Å². The van der Waals surface area contributed by atoms with E-state index in [0.717, 1.165) is 39.1 Å². The minimum atomic E-state index is -0.0853. The van der Waals surface area contributed by atoms with Gasteiger partial charge in [0.1, 0.15) is 0 Å². The number of rotatable bonds is 5. The summed E-state index contributed by atoms with van der Waals surface area (Å²) in [6.07, 6.45) is 0. The molecule has 140 valence electrons. The van der Waals surface area contributed by atoms with Gasteiger partial charge in [0, 0.05) is 37.3 Å². The van der Waals surface area contributed by atoms with Crippen LogP contribution >= 0.6 is 0 Å². The van der Waals surface area contributed by atoms with E-state index in [4.69, 9.17) is 5.26 Å². The van der Waals surface area contributed by atoms with E-state index in [1.54, 1.807) is 11.9 Å². The van der Waals surface area contributed by atoms with Crippen LogP contribution in [0.5, 0.6) is 0 Å². The lowest BCUT2D eigenvalue weighted by molar-refractivity contribution is 0.0794. The third kappa shape index (κ3) is 2.67. The fourth-order valence-corrected chi connectivity index (χ4v) is 3.72. The van der Waals surface area contributed by atoms with Crippen molar-refractivity contribution in [3.63, 3.8) is 0 Å². The van der Waals surface area contributed by atoms with Gasteiger partial charge in [0.25, 0.3) is 5.91 Å². The molecule has 7 heteroatoms. The molecule has 7 nitrogen and oxygen atoms in total. The molecule has 3 aromatic rings. The minimum Gasteiger partial charge on any atom is -0.387 e. The smallest absolute Gasteiger partial charge is 0.256 e. The fourth-order valence-electron chi connectivity index (χ4n) is 3.72. The first-order valence-corrected chi connectivity index (χ1v) is 8.94. The molecular weight excluding hydrogens is 352 g/mol. The van der Waals surface area contributed by atoms with Gasteiger partial charge in [0.2, 0.25) is 0 Å². The molecule has 3 N–H and O–H groups in total. The summed E-state index contributed by atoms with van der Waals surface area (Å²) < 4.78 is 0. The zero-order valence-corrected chi connectivity index (χ0v) is 15.8. The monoisotopic (exact) mass is 372 g/mol. The van der Waals surface area contributed by atoms with Crippen molar-refractivity contribution in [3.8, 4) is 17.2 Å². The van der Waals surface area contributed by atoms with E-state index >= 15 is 0 Å². The number of benzene rings is 2. The maximum atomic E-state index is 13.0. The second-order valence-electron chi connectivity index (χ2n) is 6.72. The van der Waals surface area contributed by atoms with E-state index in [2.05, 4.69) is 33.5 Å². The maximum absolute atomic E-state index is 13.0. The first-order valence-electron chi connectivity index (χ1n) is 8.94. The van der Waals surface area contributed by atoms with Crippen molar-refractivity contribution < 1.29 is 4.79 Å². The van der Waals surface area contributed by atoms with Crippen molar-refractivity contribution in [1.82, 2.24) is 15.1 Å². The highest BCUT2D eigenvalue weighted by Gasteiger charge is 2.32.